The van der Waals surface area contributed by atoms with Crippen molar-refractivity contribution in [2.24, 2.45) is 11.8 Å². The highest BCUT2D eigenvalue weighted by Crippen LogP contribution is 2.33. The first kappa shape index (κ1) is 13.9. The molecule has 100 valence electrons. The molecule has 3 heteroatoms. The van der Waals surface area contributed by atoms with Crippen molar-refractivity contribution in [1.29, 1.82) is 0 Å². The van der Waals surface area contributed by atoms with Crippen molar-refractivity contribution in [3.8, 4) is 0 Å². The highest BCUT2D eigenvalue weighted by Gasteiger charge is 2.24. The summed E-state index contributed by atoms with van der Waals surface area (Å²) in [5.74, 6) is 1.43. The normalized spacial score (nSPS) is 26.2. The molecular formula is C15H22BrNO. The molecule has 3 unspecified atom stereocenters. The van der Waals surface area contributed by atoms with E-state index in [9.17, 15) is 5.11 Å². The topological polar surface area (TPSA) is 23.5 Å². The van der Waals surface area contributed by atoms with Crippen LogP contribution in [-0.4, -0.2) is 18.2 Å². The van der Waals surface area contributed by atoms with Crippen LogP contribution in [0, 0.1) is 11.8 Å². The fraction of sp³-hybridized carbons (Fsp3) is 0.600. The lowest BCUT2D eigenvalue weighted by Gasteiger charge is -2.38. The molecule has 1 saturated heterocycles. The van der Waals surface area contributed by atoms with Crippen molar-refractivity contribution in [3.63, 3.8) is 0 Å². The third-order valence-electron chi connectivity index (χ3n) is 3.65. The van der Waals surface area contributed by atoms with Crippen molar-refractivity contribution in [3.05, 3.63) is 28.2 Å². The number of rotatable bonds is 2. The van der Waals surface area contributed by atoms with Crippen LogP contribution in [0.15, 0.2) is 22.7 Å². The monoisotopic (exact) mass is 311 g/mol. The molecule has 1 aliphatic rings. The van der Waals surface area contributed by atoms with E-state index in [1.54, 1.807) is 0 Å². The van der Waals surface area contributed by atoms with Gasteiger partial charge in [-0.3, -0.25) is 0 Å². The van der Waals surface area contributed by atoms with Gasteiger partial charge in [0.25, 0.3) is 0 Å². The zero-order valence-corrected chi connectivity index (χ0v) is 12.9. The summed E-state index contributed by atoms with van der Waals surface area (Å²) in [5.41, 5.74) is 2.21. The van der Waals surface area contributed by atoms with Gasteiger partial charge in [0.1, 0.15) is 0 Å². The lowest BCUT2D eigenvalue weighted by Crippen LogP contribution is -2.39. The van der Waals surface area contributed by atoms with Crippen LogP contribution in [0.3, 0.4) is 0 Å². The Morgan fingerprint density at radius 1 is 1.28 bits per heavy atom. The number of aliphatic hydroxyl groups excluding tert-OH is 1. The van der Waals surface area contributed by atoms with Crippen LogP contribution in [0.5, 0.6) is 0 Å². The van der Waals surface area contributed by atoms with Crippen molar-refractivity contribution in [2.45, 2.75) is 33.3 Å². The summed E-state index contributed by atoms with van der Waals surface area (Å²) in [6.07, 6.45) is 0.884. The summed E-state index contributed by atoms with van der Waals surface area (Å²) in [5, 5.41) is 9.92. The molecule has 1 N–H and O–H groups in total. The molecule has 1 heterocycles. The van der Waals surface area contributed by atoms with Gasteiger partial charge in [-0.2, -0.15) is 0 Å². The van der Waals surface area contributed by atoms with Gasteiger partial charge in [-0.15, -0.1) is 0 Å². The quantitative estimate of drug-likeness (QED) is 0.893. The van der Waals surface area contributed by atoms with Gasteiger partial charge in [0.05, 0.1) is 6.10 Å². The zero-order valence-electron chi connectivity index (χ0n) is 11.4. The fourth-order valence-electron chi connectivity index (χ4n) is 3.00. The molecule has 18 heavy (non-hydrogen) atoms. The first-order valence-electron chi connectivity index (χ1n) is 6.69. The van der Waals surface area contributed by atoms with Gasteiger partial charge < -0.3 is 10.0 Å². The molecule has 0 bridgehead atoms. The number of aliphatic hydroxyl groups is 1. The van der Waals surface area contributed by atoms with E-state index in [1.165, 1.54) is 12.1 Å². The molecule has 1 aromatic carbocycles. The molecule has 0 saturated carbocycles. The van der Waals surface area contributed by atoms with E-state index >= 15 is 0 Å². The predicted molar refractivity (Wildman–Crippen MR) is 79.9 cm³/mol. The van der Waals surface area contributed by atoms with Gasteiger partial charge in [-0.05, 0) is 37.3 Å². The summed E-state index contributed by atoms with van der Waals surface area (Å²) in [7, 11) is 0. The number of piperidine rings is 1. The van der Waals surface area contributed by atoms with E-state index in [2.05, 4.69) is 40.7 Å². The Kier molecular flexibility index (Phi) is 4.33. The van der Waals surface area contributed by atoms with Crippen LogP contribution in [0.1, 0.15) is 38.9 Å². The lowest BCUT2D eigenvalue weighted by molar-refractivity contribution is 0.199. The Labute approximate surface area is 118 Å². The molecule has 2 rings (SSSR count). The third-order valence-corrected chi connectivity index (χ3v) is 4.15. The van der Waals surface area contributed by atoms with E-state index in [4.69, 9.17) is 0 Å². The fourth-order valence-corrected chi connectivity index (χ4v) is 3.35. The standard InChI is InChI=1S/C15H22BrNO/c1-10-6-11(2)9-17(8-10)15-7-13(16)4-5-14(15)12(3)18/h4-5,7,10-12,18H,6,8-9H2,1-3H3. The maximum absolute atomic E-state index is 9.92. The maximum atomic E-state index is 9.92. The predicted octanol–water partition coefficient (Wildman–Crippen LogP) is 3.98. The number of hydrogen-bond acceptors (Lipinski definition) is 2. The summed E-state index contributed by atoms with van der Waals surface area (Å²) in [6, 6.07) is 6.16. The average Bonchev–Trinajstić information content (AvgIpc) is 2.27. The Morgan fingerprint density at radius 3 is 2.44 bits per heavy atom. The summed E-state index contributed by atoms with van der Waals surface area (Å²) in [4.78, 5) is 2.42. The lowest BCUT2D eigenvalue weighted by atomic mass is 9.91. The molecule has 0 aliphatic carbocycles. The molecule has 2 nitrogen and oxygen atoms in total. The summed E-state index contributed by atoms with van der Waals surface area (Å²) in [6.45, 7) is 8.62. The van der Waals surface area contributed by atoms with Crippen LogP contribution in [0.25, 0.3) is 0 Å². The second kappa shape index (κ2) is 5.62. The highest BCUT2D eigenvalue weighted by atomic mass is 79.9. The van der Waals surface area contributed by atoms with E-state index in [0.29, 0.717) is 0 Å². The van der Waals surface area contributed by atoms with Gasteiger partial charge in [-0.1, -0.05) is 35.8 Å². The second-order valence-electron chi connectivity index (χ2n) is 5.73. The molecule has 3 atom stereocenters. The van der Waals surface area contributed by atoms with Crippen molar-refractivity contribution < 1.29 is 5.11 Å². The second-order valence-corrected chi connectivity index (χ2v) is 6.65. The van der Waals surface area contributed by atoms with E-state index < -0.39 is 6.10 Å². The number of hydrogen-bond donors (Lipinski definition) is 1. The Bertz CT molecular complexity index is 409. The summed E-state index contributed by atoms with van der Waals surface area (Å²) < 4.78 is 1.08. The third kappa shape index (κ3) is 3.07. The molecule has 0 amide bonds. The van der Waals surface area contributed by atoms with Gasteiger partial charge in [0.2, 0.25) is 0 Å². The number of nitrogens with zero attached hydrogens (tertiary/aromatic N) is 1. The van der Waals surface area contributed by atoms with E-state index in [0.717, 1.165) is 35.0 Å². The van der Waals surface area contributed by atoms with Crippen molar-refractivity contribution >= 4 is 21.6 Å². The van der Waals surface area contributed by atoms with Gasteiger partial charge in [0.15, 0.2) is 0 Å². The molecule has 0 spiro atoms. The number of anilines is 1. The molecule has 1 fully saturated rings. The summed E-state index contributed by atoms with van der Waals surface area (Å²) >= 11 is 3.53. The van der Waals surface area contributed by atoms with E-state index in [1.807, 2.05) is 19.1 Å². The average molecular weight is 312 g/mol. The molecule has 1 aliphatic heterocycles. The first-order valence-corrected chi connectivity index (χ1v) is 7.49. The molecule has 0 aromatic heterocycles. The van der Waals surface area contributed by atoms with Crippen LogP contribution in [-0.2, 0) is 0 Å². The van der Waals surface area contributed by atoms with Crippen molar-refractivity contribution in [2.75, 3.05) is 18.0 Å². The smallest absolute Gasteiger partial charge is 0.0782 e. The Morgan fingerprint density at radius 2 is 1.89 bits per heavy atom. The molecule has 0 radical (unpaired) electrons. The van der Waals surface area contributed by atoms with Gasteiger partial charge >= 0.3 is 0 Å². The van der Waals surface area contributed by atoms with Crippen molar-refractivity contribution in [1.82, 2.24) is 0 Å². The number of halogens is 1. The van der Waals surface area contributed by atoms with Crippen LogP contribution >= 0.6 is 15.9 Å². The van der Waals surface area contributed by atoms with Crippen LogP contribution < -0.4 is 4.90 Å². The minimum Gasteiger partial charge on any atom is -0.389 e. The molecule has 1 aromatic rings. The molecular weight excluding hydrogens is 290 g/mol. The Hall–Kier alpha value is -0.540. The largest absolute Gasteiger partial charge is 0.389 e. The van der Waals surface area contributed by atoms with Gasteiger partial charge in [-0.25, -0.2) is 0 Å². The zero-order chi connectivity index (χ0) is 13.3. The first-order chi connectivity index (χ1) is 8.47. The van der Waals surface area contributed by atoms with Crippen LogP contribution in [0.4, 0.5) is 5.69 Å². The Balaban J connectivity index is 2.33. The number of benzene rings is 1. The maximum Gasteiger partial charge on any atom is 0.0782 e. The van der Waals surface area contributed by atoms with Gasteiger partial charge in [0, 0.05) is 28.8 Å². The van der Waals surface area contributed by atoms with E-state index in [-0.39, 0.29) is 0 Å². The minimum absolute atomic E-state index is 0.416. The SMILES string of the molecule is CC1CC(C)CN(c2cc(Br)ccc2C(C)O)C1. The van der Waals surface area contributed by atoms with Crippen LogP contribution in [0.2, 0.25) is 0 Å². The highest BCUT2D eigenvalue weighted by molar-refractivity contribution is 9.10. The minimum atomic E-state index is -0.416.